The number of nitrogens with one attached hydrogen (secondary N) is 2. The van der Waals surface area contributed by atoms with Gasteiger partial charge in [0.15, 0.2) is 6.29 Å². The summed E-state index contributed by atoms with van der Waals surface area (Å²) in [4.78, 5) is 42.7. The molecule has 1 unspecified atom stereocenters. The highest BCUT2D eigenvalue weighted by Gasteiger charge is 2.49. The van der Waals surface area contributed by atoms with Crippen LogP contribution >= 0.6 is 11.3 Å². The molecule has 0 spiro atoms. The number of carbonyl (C=O) groups is 2. The van der Waals surface area contributed by atoms with Crippen LogP contribution in [0.4, 0.5) is 5.69 Å². The van der Waals surface area contributed by atoms with E-state index in [1.54, 1.807) is 23.5 Å². The van der Waals surface area contributed by atoms with Crippen LogP contribution < -0.4 is 15.6 Å². The molecule has 3 saturated heterocycles. The fraction of sp³-hybridized carbons (Fsp3) is 0.600. The van der Waals surface area contributed by atoms with Crippen molar-refractivity contribution >= 4 is 39.7 Å². The van der Waals surface area contributed by atoms with Crippen LogP contribution in [-0.2, 0) is 43.2 Å². The van der Waals surface area contributed by atoms with Crippen molar-refractivity contribution in [2.24, 2.45) is 17.3 Å². The molecule has 7 heterocycles. The van der Waals surface area contributed by atoms with Crippen molar-refractivity contribution in [3.8, 4) is 22.5 Å². The number of hydrogen-bond donors (Lipinski definition) is 2. The molecule has 14 heteroatoms. The highest BCUT2D eigenvalue weighted by Crippen LogP contribution is 2.44. The van der Waals surface area contributed by atoms with E-state index in [2.05, 4.69) is 96.4 Å². The molecule has 4 aromatic rings. The predicted octanol–water partition coefficient (Wildman–Crippen LogP) is 5.81. The van der Waals surface area contributed by atoms with Gasteiger partial charge < -0.3 is 33.9 Å². The van der Waals surface area contributed by atoms with Crippen LogP contribution in [0, 0.1) is 17.3 Å². The standard InChI is InChI=1S/C45H60N8O5S/c1-8-52-37-12-11-28-19-31(37)33(40(52)32-20-29(23-46-39(32)27(3)56-7)51-16-14-50(6)15-17-51)22-45(4,5)25-57-44-41(58-44)34-10-9-13-53(49-34)43(55)35(21-38-47-36(28)24-59-38)48-42(54)30-18-26(30)2/h11-12,19-20,23-24,26-27,30,34-35,41,44,49H,8-10,13-18,21-22,25H2,1-7H3,(H,48,54)/t26-,27-,30-,34-,35-,41+,44?/m0/s1. The Balaban J connectivity index is 1.16. The van der Waals surface area contributed by atoms with Crippen LogP contribution in [0.15, 0.2) is 35.8 Å². The summed E-state index contributed by atoms with van der Waals surface area (Å²) in [5, 5.41) is 8.90. The second-order valence-electron chi connectivity index (χ2n) is 18.3. The third-order valence-corrected chi connectivity index (χ3v) is 14.1. The Kier molecular flexibility index (Phi) is 11.1. The van der Waals surface area contributed by atoms with E-state index in [9.17, 15) is 9.59 Å². The Labute approximate surface area is 351 Å². The largest absolute Gasteiger partial charge is 0.375 e. The lowest BCUT2D eigenvalue weighted by atomic mass is 9.84. The first-order chi connectivity index (χ1) is 28.4. The molecule has 59 heavy (non-hydrogen) atoms. The Hall–Kier alpha value is -3.92. The number of hydrogen-bond acceptors (Lipinski definition) is 11. The molecular weight excluding hydrogens is 765 g/mol. The molecule has 3 aromatic heterocycles. The topological polar surface area (TPSA) is 130 Å². The number of anilines is 1. The number of nitrogens with zero attached hydrogens (tertiary/aromatic N) is 6. The molecule has 1 aromatic carbocycles. The molecule has 9 rings (SSSR count). The number of ether oxygens (including phenoxy) is 3. The second-order valence-corrected chi connectivity index (χ2v) is 19.2. The number of pyridine rings is 1. The molecule has 4 fully saturated rings. The number of likely N-dealkylation sites (N-methyl/N-ethyl adjacent to an activating group) is 1. The first-order valence-electron chi connectivity index (χ1n) is 21.6. The molecular formula is C45H60N8O5S. The normalized spacial score (nSPS) is 27.8. The van der Waals surface area contributed by atoms with Crippen LogP contribution in [-0.4, -0.2) is 114 Å². The number of hydrazine groups is 1. The molecule has 0 radical (unpaired) electrons. The van der Waals surface area contributed by atoms with E-state index in [4.69, 9.17) is 24.2 Å². The third-order valence-electron chi connectivity index (χ3n) is 13.2. The fourth-order valence-electron chi connectivity index (χ4n) is 9.37. The molecule has 7 atom stereocenters. The molecule has 1 aliphatic carbocycles. The van der Waals surface area contributed by atoms with Gasteiger partial charge in [-0.05, 0) is 81.7 Å². The zero-order valence-electron chi connectivity index (χ0n) is 35.6. The average molecular weight is 825 g/mol. The number of amides is 2. The summed E-state index contributed by atoms with van der Waals surface area (Å²) in [5.74, 6) is 0.0953. The molecule has 1 saturated carbocycles. The van der Waals surface area contributed by atoms with Crippen molar-refractivity contribution in [1.29, 1.82) is 0 Å². The Morgan fingerprint density at radius 2 is 1.97 bits per heavy atom. The third kappa shape index (κ3) is 8.16. The number of aromatic nitrogens is 3. The van der Waals surface area contributed by atoms with E-state index in [1.807, 2.05) is 6.20 Å². The van der Waals surface area contributed by atoms with Crippen molar-refractivity contribution in [3.05, 3.63) is 52.1 Å². The van der Waals surface area contributed by atoms with Crippen LogP contribution in [0.1, 0.15) is 76.3 Å². The minimum Gasteiger partial charge on any atom is -0.375 e. The molecule has 6 bridgehead atoms. The van der Waals surface area contributed by atoms with Crippen molar-refractivity contribution in [2.45, 2.75) is 104 Å². The summed E-state index contributed by atoms with van der Waals surface area (Å²) in [5.41, 5.74) is 11.8. The van der Waals surface area contributed by atoms with Crippen LogP contribution in [0.5, 0.6) is 0 Å². The van der Waals surface area contributed by atoms with E-state index in [0.717, 1.165) is 103 Å². The Morgan fingerprint density at radius 3 is 2.71 bits per heavy atom. The lowest BCUT2D eigenvalue weighted by Gasteiger charge is -2.35. The van der Waals surface area contributed by atoms with Gasteiger partial charge in [-0.2, -0.15) is 0 Å². The van der Waals surface area contributed by atoms with Gasteiger partial charge in [0.1, 0.15) is 12.1 Å². The number of benzene rings is 1. The van der Waals surface area contributed by atoms with Gasteiger partial charge in [0.2, 0.25) is 5.91 Å². The van der Waals surface area contributed by atoms with Crippen LogP contribution in [0.3, 0.4) is 0 Å². The van der Waals surface area contributed by atoms with E-state index in [1.165, 1.54) is 10.9 Å². The van der Waals surface area contributed by atoms with Gasteiger partial charge in [0.05, 0.1) is 52.7 Å². The lowest BCUT2D eigenvalue weighted by molar-refractivity contribution is -0.141. The van der Waals surface area contributed by atoms with Gasteiger partial charge in [0.25, 0.3) is 5.91 Å². The Bertz CT molecular complexity index is 2210. The van der Waals surface area contributed by atoms with Crippen molar-refractivity contribution in [2.75, 3.05) is 58.4 Å². The zero-order chi connectivity index (χ0) is 41.2. The summed E-state index contributed by atoms with van der Waals surface area (Å²) in [6.07, 6.45) is 4.92. The summed E-state index contributed by atoms with van der Waals surface area (Å²) in [6, 6.07) is 8.23. The number of piperazine rings is 1. The van der Waals surface area contributed by atoms with Crippen LogP contribution in [0.2, 0.25) is 0 Å². The predicted molar refractivity (Wildman–Crippen MR) is 230 cm³/mol. The molecule has 13 nitrogen and oxygen atoms in total. The number of carbonyl (C=O) groups excluding carboxylic acids is 2. The monoisotopic (exact) mass is 824 g/mol. The van der Waals surface area contributed by atoms with Gasteiger partial charge >= 0.3 is 0 Å². The molecule has 316 valence electrons. The number of rotatable bonds is 7. The number of thiazole rings is 1. The van der Waals surface area contributed by atoms with E-state index >= 15 is 0 Å². The minimum atomic E-state index is -0.732. The summed E-state index contributed by atoms with van der Waals surface area (Å²) >= 11 is 1.54. The first kappa shape index (κ1) is 40.5. The maximum atomic E-state index is 14.2. The molecule has 4 aliphatic heterocycles. The van der Waals surface area contributed by atoms with Gasteiger partial charge in [-0.25, -0.2) is 10.4 Å². The number of epoxide rings is 1. The molecule has 2 amide bonds. The van der Waals surface area contributed by atoms with Gasteiger partial charge in [0, 0.05) is 86.1 Å². The maximum Gasteiger partial charge on any atom is 0.259 e. The highest BCUT2D eigenvalue weighted by atomic mass is 32.1. The maximum absolute atomic E-state index is 14.2. The van der Waals surface area contributed by atoms with E-state index in [-0.39, 0.29) is 47.7 Å². The minimum absolute atomic E-state index is 0.0456. The van der Waals surface area contributed by atoms with Crippen molar-refractivity contribution in [1.82, 2.24) is 35.2 Å². The summed E-state index contributed by atoms with van der Waals surface area (Å²) in [7, 11) is 3.94. The van der Waals surface area contributed by atoms with E-state index < -0.39 is 6.04 Å². The second kappa shape index (κ2) is 16.2. The van der Waals surface area contributed by atoms with Crippen molar-refractivity contribution < 1.29 is 23.8 Å². The SMILES string of the molecule is CCn1c(-c2cc(N3CCN(C)CC3)cnc2[C@H](C)OC)c2c3cc(ccc31)-c1csc(n1)C[C@H](NC(=O)[C@H]1C[C@@H]1C)C(=O)N1CCC[C@H](N1)[C@H]1OC1OCC(C)(C)C2. The number of fused-ring (bicyclic) bond motifs is 8. The molecule has 5 aliphatic rings. The smallest absolute Gasteiger partial charge is 0.259 e. The summed E-state index contributed by atoms with van der Waals surface area (Å²) < 4.78 is 21.2. The molecule has 2 N–H and O–H groups in total. The van der Waals surface area contributed by atoms with E-state index in [0.29, 0.717) is 25.5 Å². The fourth-order valence-corrected chi connectivity index (χ4v) is 10.2. The van der Waals surface area contributed by atoms with Gasteiger partial charge in [-0.1, -0.05) is 26.8 Å². The quantitative estimate of drug-likeness (QED) is 0.221. The average Bonchev–Trinajstić information content (AvgIpc) is 4.11. The highest BCUT2D eigenvalue weighted by molar-refractivity contribution is 7.10. The lowest BCUT2D eigenvalue weighted by Crippen LogP contribution is -2.60. The zero-order valence-corrected chi connectivity index (χ0v) is 36.4. The summed E-state index contributed by atoms with van der Waals surface area (Å²) in [6.45, 7) is 16.7. The van der Waals surface area contributed by atoms with Gasteiger partial charge in [-0.15, -0.1) is 11.3 Å². The van der Waals surface area contributed by atoms with Crippen molar-refractivity contribution in [3.63, 3.8) is 0 Å². The van der Waals surface area contributed by atoms with Gasteiger partial charge in [-0.3, -0.25) is 19.6 Å². The van der Waals surface area contributed by atoms with Crippen LogP contribution in [0.25, 0.3) is 33.4 Å². The first-order valence-corrected chi connectivity index (χ1v) is 22.5. The number of methoxy groups -OCH3 is 1. The Morgan fingerprint density at radius 1 is 1.17 bits per heavy atom. The number of aryl methyl sites for hydroxylation is 1.